The molecule has 0 aromatic heterocycles. The van der Waals surface area contributed by atoms with Crippen LogP contribution in [0.15, 0.2) is 36.9 Å². The van der Waals surface area contributed by atoms with E-state index in [1.807, 2.05) is 0 Å². The highest BCUT2D eigenvalue weighted by molar-refractivity contribution is 6.39. The molecule has 0 atom stereocenters. The molecule has 0 radical (unpaired) electrons. The summed E-state index contributed by atoms with van der Waals surface area (Å²) < 4.78 is 0. The summed E-state index contributed by atoms with van der Waals surface area (Å²) in [4.78, 5) is 34.4. The number of carbonyl (C=O) groups excluding carboxylic acids is 3. The molecule has 1 rings (SSSR count). The number of hydrogen-bond acceptors (Lipinski definition) is 3. The standard InChI is InChI=1S/C13H15N3O3/c1-3-8-15-11(17)9-6-4-5-7-10(9)16-13(19)12(18)14-2/h3-7H,1,8H2,2H3,(H,14,18)(H,15,17)(H,16,19). The van der Waals surface area contributed by atoms with Gasteiger partial charge in [0.15, 0.2) is 0 Å². The van der Waals surface area contributed by atoms with Gasteiger partial charge in [-0.2, -0.15) is 0 Å². The Bertz CT molecular complexity index is 512. The van der Waals surface area contributed by atoms with Crippen molar-refractivity contribution >= 4 is 23.4 Å². The van der Waals surface area contributed by atoms with Gasteiger partial charge in [0, 0.05) is 13.6 Å². The Morgan fingerprint density at radius 2 is 1.89 bits per heavy atom. The van der Waals surface area contributed by atoms with Crippen molar-refractivity contribution in [2.45, 2.75) is 0 Å². The molecule has 0 aliphatic rings. The van der Waals surface area contributed by atoms with Crippen LogP contribution in [0, 0.1) is 0 Å². The lowest BCUT2D eigenvalue weighted by Crippen LogP contribution is -2.33. The largest absolute Gasteiger partial charge is 0.351 e. The van der Waals surface area contributed by atoms with Gasteiger partial charge in [0.05, 0.1) is 11.3 Å². The highest BCUT2D eigenvalue weighted by Crippen LogP contribution is 2.14. The van der Waals surface area contributed by atoms with Crippen LogP contribution < -0.4 is 16.0 Å². The van der Waals surface area contributed by atoms with E-state index in [1.54, 1.807) is 30.3 Å². The van der Waals surface area contributed by atoms with Gasteiger partial charge in [-0.3, -0.25) is 14.4 Å². The number of rotatable bonds is 4. The lowest BCUT2D eigenvalue weighted by atomic mass is 10.1. The molecule has 0 fully saturated rings. The summed E-state index contributed by atoms with van der Waals surface area (Å²) in [6.07, 6.45) is 1.55. The zero-order valence-electron chi connectivity index (χ0n) is 10.5. The third-order valence-electron chi connectivity index (χ3n) is 2.26. The van der Waals surface area contributed by atoms with E-state index in [4.69, 9.17) is 0 Å². The maximum absolute atomic E-state index is 11.8. The summed E-state index contributed by atoms with van der Waals surface area (Å²) in [5.74, 6) is -1.96. The summed E-state index contributed by atoms with van der Waals surface area (Å²) in [5, 5.41) is 7.18. The van der Waals surface area contributed by atoms with Crippen LogP contribution in [-0.2, 0) is 9.59 Å². The Morgan fingerprint density at radius 1 is 1.21 bits per heavy atom. The second kappa shape index (κ2) is 6.95. The minimum Gasteiger partial charge on any atom is -0.351 e. The SMILES string of the molecule is C=CCNC(=O)c1ccccc1NC(=O)C(=O)NC. The van der Waals surface area contributed by atoms with Gasteiger partial charge < -0.3 is 16.0 Å². The molecule has 0 aliphatic heterocycles. The van der Waals surface area contributed by atoms with Crippen LogP contribution in [0.25, 0.3) is 0 Å². The summed E-state index contributed by atoms with van der Waals surface area (Å²) in [6.45, 7) is 3.81. The molecular formula is C13H15N3O3. The van der Waals surface area contributed by atoms with E-state index in [1.165, 1.54) is 7.05 Å². The number of nitrogens with one attached hydrogen (secondary N) is 3. The van der Waals surface area contributed by atoms with Gasteiger partial charge in [0.25, 0.3) is 5.91 Å². The predicted octanol–water partition coefficient (Wildman–Crippen LogP) is 0.287. The fourth-order valence-electron chi connectivity index (χ4n) is 1.34. The van der Waals surface area contributed by atoms with Crippen LogP contribution in [-0.4, -0.2) is 31.3 Å². The molecule has 6 heteroatoms. The predicted molar refractivity (Wildman–Crippen MR) is 71.7 cm³/mol. The van der Waals surface area contributed by atoms with Crippen LogP contribution in [0.1, 0.15) is 10.4 Å². The lowest BCUT2D eigenvalue weighted by molar-refractivity contribution is -0.135. The maximum atomic E-state index is 11.8. The van der Waals surface area contributed by atoms with Crippen LogP contribution in [0.5, 0.6) is 0 Å². The molecule has 0 aliphatic carbocycles. The number of amides is 3. The molecule has 0 saturated carbocycles. The first-order valence-electron chi connectivity index (χ1n) is 5.61. The maximum Gasteiger partial charge on any atom is 0.313 e. The second-order valence-electron chi connectivity index (χ2n) is 3.58. The van der Waals surface area contributed by atoms with Crippen molar-refractivity contribution in [3.05, 3.63) is 42.5 Å². The van der Waals surface area contributed by atoms with Gasteiger partial charge in [-0.1, -0.05) is 18.2 Å². The Kier molecular flexibility index (Phi) is 5.28. The van der Waals surface area contributed by atoms with Gasteiger partial charge in [0.2, 0.25) is 0 Å². The molecule has 0 spiro atoms. The Balaban J connectivity index is 2.89. The van der Waals surface area contributed by atoms with Gasteiger partial charge in [-0.15, -0.1) is 6.58 Å². The molecule has 1 aromatic rings. The second-order valence-corrected chi connectivity index (χ2v) is 3.58. The van der Waals surface area contributed by atoms with E-state index in [0.717, 1.165) is 0 Å². The van der Waals surface area contributed by atoms with E-state index < -0.39 is 11.8 Å². The van der Waals surface area contributed by atoms with E-state index in [0.29, 0.717) is 6.54 Å². The van der Waals surface area contributed by atoms with Gasteiger partial charge in [-0.25, -0.2) is 0 Å². The average molecular weight is 261 g/mol. The monoisotopic (exact) mass is 261 g/mol. The number of benzene rings is 1. The summed E-state index contributed by atoms with van der Waals surface area (Å²) in [5.41, 5.74) is 0.555. The molecular weight excluding hydrogens is 246 g/mol. The minimum atomic E-state index is -0.827. The molecule has 0 saturated heterocycles. The van der Waals surface area contributed by atoms with Gasteiger partial charge in [-0.05, 0) is 12.1 Å². The summed E-state index contributed by atoms with van der Waals surface area (Å²) in [7, 11) is 1.35. The molecule has 3 amide bonds. The Hall–Kier alpha value is -2.63. The van der Waals surface area contributed by atoms with Gasteiger partial charge >= 0.3 is 11.8 Å². The van der Waals surface area contributed by atoms with Crippen molar-refractivity contribution in [2.75, 3.05) is 18.9 Å². The van der Waals surface area contributed by atoms with Crippen LogP contribution in [0.3, 0.4) is 0 Å². The molecule has 3 N–H and O–H groups in total. The third kappa shape index (κ3) is 3.95. The fraction of sp³-hybridized carbons (Fsp3) is 0.154. The lowest BCUT2D eigenvalue weighted by Gasteiger charge is -2.10. The molecule has 100 valence electrons. The van der Waals surface area contributed by atoms with Crippen LogP contribution in [0.4, 0.5) is 5.69 Å². The van der Waals surface area contributed by atoms with Crippen molar-refractivity contribution in [3.8, 4) is 0 Å². The van der Waals surface area contributed by atoms with E-state index >= 15 is 0 Å². The van der Waals surface area contributed by atoms with E-state index in [9.17, 15) is 14.4 Å². The molecule has 19 heavy (non-hydrogen) atoms. The zero-order valence-corrected chi connectivity index (χ0v) is 10.5. The first kappa shape index (κ1) is 14.4. The van der Waals surface area contributed by atoms with Crippen molar-refractivity contribution < 1.29 is 14.4 Å². The third-order valence-corrected chi connectivity index (χ3v) is 2.26. The van der Waals surface area contributed by atoms with Crippen LogP contribution in [0.2, 0.25) is 0 Å². The molecule has 6 nitrogen and oxygen atoms in total. The minimum absolute atomic E-state index is 0.276. The Morgan fingerprint density at radius 3 is 2.53 bits per heavy atom. The first-order chi connectivity index (χ1) is 9.10. The van der Waals surface area contributed by atoms with Crippen molar-refractivity contribution in [3.63, 3.8) is 0 Å². The number of hydrogen-bond donors (Lipinski definition) is 3. The van der Waals surface area contributed by atoms with Gasteiger partial charge in [0.1, 0.15) is 0 Å². The highest BCUT2D eigenvalue weighted by atomic mass is 16.2. The first-order valence-corrected chi connectivity index (χ1v) is 5.61. The molecule has 0 unspecified atom stereocenters. The fourth-order valence-corrected chi connectivity index (χ4v) is 1.34. The number of anilines is 1. The Labute approximate surface area is 110 Å². The number of likely N-dealkylation sites (N-methyl/N-ethyl adjacent to an activating group) is 1. The quantitative estimate of drug-likeness (QED) is 0.537. The topological polar surface area (TPSA) is 87.3 Å². The van der Waals surface area contributed by atoms with Crippen LogP contribution >= 0.6 is 0 Å². The zero-order chi connectivity index (χ0) is 14.3. The van der Waals surface area contributed by atoms with Crippen molar-refractivity contribution in [2.24, 2.45) is 0 Å². The van der Waals surface area contributed by atoms with Crippen molar-refractivity contribution in [1.29, 1.82) is 0 Å². The summed E-state index contributed by atoms with van der Waals surface area (Å²) in [6, 6.07) is 6.42. The number of carbonyl (C=O) groups is 3. The normalized spacial score (nSPS) is 9.32. The molecule has 1 aromatic carbocycles. The smallest absolute Gasteiger partial charge is 0.313 e. The molecule has 0 bridgehead atoms. The summed E-state index contributed by atoms with van der Waals surface area (Å²) >= 11 is 0. The average Bonchev–Trinajstić information content (AvgIpc) is 2.44. The van der Waals surface area contributed by atoms with E-state index in [2.05, 4.69) is 22.5 Å². The van der Waals surface area contributed by atoms with Crippen molar-refractivity contribution in [1.82, 2.24) is 10.6 Å². The molecule has 0 heterocycles. The number of para-hydroxylation sites is 1. The highest BCUT2D eigenvalue weighted by Gasteiger charge is 2.16. The van der Waals surface area contributed by atoms with E-state index in [-0.39, 0.29) is 17.2 Å².